The molecule has 148 valence electrons. The topological polar surface area (TPSA) is 69.1 Å². The van der Waals surface area contributed by atoms with Crippen molar-refractivity contribution in [3.05, 3.63) is 65.0 Å². The number of anilines is 1. The molecule has 1 aliphatic heterocycles. The van der Waals surface area contributed by atoms with Gasteiger partial charge < -0.3 is 19.7 Å². The number of nitrogens with one attached hydrogen (secondary N) is 2. The van der Waals surface area contributed by atoms with E-state index in [0.29, 0.717) is 16.8 Å². The minimum absolute atomic E-state index is 0.319. The number of ether oxygens (including phenoxy) is 2. The predicted octanol–water partition coefficient (Wildman–Crippen LogP) is 1.34. The summed E-state index contributed by atoms with van der Waals surface area (Å²) in [5.41, 5.74) is 2.32. The van der Waals surface area contributed by atoms with Gasteiger partial charge in [0.05, 0.1) is 18.8 Å². The first-order valence-corrected chi connectivity index (χ1v) is 9.24. The van der Waals surface area contributed by atoms with Crippen LogP contribution in [0.5, 0.6) is 0 Å². The van der Waals surface area contributed by atoms with Gasteiger partial charge in [-0.3, -0.25) is 4.79 Å². The molecule has 2 N–H and O–H groups in total. The zero-order chi connectivity index (χ0) is 19.9. The number of esters is 1. The summed E-state index contributed by atoms with van der Waals surface area (Å²) in [7, 11) is 0. The molecule has 1 saturated heterocycles. The number of halogens is 1. The van der Waals surface area contributed by atoms with Crippen molar-refractivity contribution in [3.63, 3.8) is 0 Å². The van der Waals surface area contributed by atoms with E-state index in [1.54, 1.807) is 31.2 Å². The number of carbonyl (C=O) groups excluding carboxylic acids is 2. The molecule has 2 aromatic carbocycles. The van der Waals surface area contributed by atoms with Crippen LogP contribution in [0.15, 0.2) is 42.5 Å². The molecule has 0 atom stereocenters. The Hall–Kier alpha value is -2.77. The second-order valence-electron chi connectivity index (χ2n) is 6.82. The van der Waals surface area contributed by atoms with Gasteiger partial charge in [0.15, 0.2) is 6.61 Å². The molecule has 1 fully saturated rings. The lowest BCUT2D eigenvalue weighted by Gasteiger charge is -2.23. The number of morpholine rings is 1. The van der Waals surface area contributed by atoms with Gasteiger partial charge in [0.2, 0.25) is 0 Å². The fourth-order valence-corrected chi connectivity index (χ4v) is 2.97. The summed E-state index contributed by atoms with van der Waals surface area (Å²) in [5.74, 6) is -1.51. The van der Waals surface area contributed by atoms with Gasteiger partial charge in [-0.2, -0.15) is 0 Å². The first-order valence-electron chi connectivity index (χ1n) is 9.24. The summed E-state index contributed by atoms with van der Waals surface area (Å²) >= 11 is 0. The molecular formula is C21H24FN2O4+. The van der Waals surface area contributed by atoms with E-state index in [2.05, 4.69) is 5.32 Å². The second kappa shape index (κ2) is 9.43. The van der Waals surface area contributed by atoms with Crippen LogP contribution in [0.1, 0.15) is 21.5 Å². The van der Waals surface area contributed by atoms with E-state index in [1.807, 2.05) is 12.1 Å². The molecular weight excluding hydrogens is 363 g/mol. The van der Waals surface area contributed by atoms with Gasteiger partial charge >= 0.3 is 5.97 Å². The van der Waals surface area contributed by atoms with Crippen LogP contribution < -0.4 is 10.2 Å². The first-order chi connectivity index (χ1) is 13.5. The van der Waals surface area contributed by atoms with E-state index in [1.165, 1.54) is 11.0 Å². The van der Waals surface area contributed by atoms with Gasteiger partial charge in [-0.25, -0.2) is 9.18 Å². The first kappa shape index (κ1) is 20.0. The number of hydrogen-bond donors (Lipinski definition) is 2. The van der Waals surface area contributed by atoms with Gasteiger partial charge in [-0.15, -0.1) is 0 Å². The van der Waals surface area contributed by atoms with Crippen LogP contribution in [0.3, 0.4) is 0 Å². The van der Waals surface area contributed by atoms with E-state index in [4.69, 9.17) is 9.47 Å². The quantitative estimate of drug-likeness (QED) is 0.734. The summed E-state index contributed by atoms with van der Waals surface area (Å²) in [5, 5.41) is 2.50. The van der Waals surface area contributed by atoms with E-state index in [-0.39, 0.29) is 0 Å². The average Bonchev–Trinajstić information content (AvgIpc) is 2.70. The van der Waals surface area contributed by atoms with Crippen molar-refractivity contribution in [3.8, 4) is 0 Å². The standard InChI is InChI=1S/C21H23FN2O4/c1-15-2-7-18(12-19(15)22)23-20(25)14-28-21(26)17-5-3-16(4-6-17)13-24-8-10-27-11-9-24/h2-7,12H,8-11,13-14H2,1H3,(H,23,25)/p+1. The fourth-order valence-electron chi connectivity index (χ4n) is 2.97. The number of carbonyl (C=O) groups is 2. The monoisotopic (exact) mass is 387 g/mol. The number of hydrogen-bond acceptors (Lipinski definition) is 4. The lowest BCUT2D eigenvalue weighted by molar-refractivity contribution is -0.921. The highest BCUT2D eigenvalue weighted by atomic mass is 19.1. The second-order valence-corrected chi connectivity index (χ2v) is 6.82. The number of aryl methyl sites for hydroxylation is 1. The van der Waals surface area contributed by atoms with E-state index in [9.17, 15) is 14.0 Å². The maximum absolute atomic E-state index is 13.5. The Labute approximate surface area is 163 Å². The molecule has 0 radical (unpaired) electrons. The van der Waals surface area contributed by atoms with Crippen molar-refractivity contribution in [1.29, 1.82) is 0 Å². The van der Waals surface area contributed by atoms with Crippen LogP contribution >= 0.6 is 0 Å². The molecule has 0 aromatic heterocycles. The van der Waals surface area contributed by atoms with Crippen molar-refractivity contribution in [2.45, 2.75) is 13.5 Å². The zero-order valence-corrected chi connectivity index (χ0v) is 15.8. The predicted molar refractivity (Wildman–Crippen MR) is 102 cm³/mol. The van der Waals surface area contributed by atoms with Crippen molar-refractivity contribution in [2.24, 2.45) is 0 Å². The maximum atomic E-state index is 13.5. The molecule has 6 nitrogen and oxygen atoms in total. The SMILES string of the molecule is Cc1ccc(NC(=O)COC(=O)c2ccc(C[NH+]3CCOCC3)cc2)cc1F. The van der Waals surface area contributed by atoms with Crippen LogP contribution in [-0.4, -0.2) is 44.8 Å². The summed E-state index contributed by atoms with van der Waals surface area (Å²) in [4.78, 5) is 25.5. The van der Waals surface area contributed by atoms with Gasteiger partial charge in [0.25, 0.3) is 5.91 Å². The lowest BCUT2D eigenvalue weighted by atomic mass is 10.1. The van der Waals surface area contributed by atoms with Crippen LogP contribution in [0, 0.1) is 12.7 Å². The van der Waals surface area contributed by atoms with E-state index in [0.717, 1.165) is 38.4 Å². The number of quaternary nitrogens is 1. The Kier molecular flexibility index (Phi) is 6.73. The third-order valence-corrected chi connectivity index (χ3v) is 4.63. The molecule has 1 aliphatic rings. The highest BCUT2D eigenvalue weighted by Gasteiger charge is 2.15. The molecule has 1 heterocycles. The Balaban J connectivity index is 1.47. The summed E-state index contributed by atoms with van der Waals surface area (Å²) in [6.45, 7) is 5.58. The third kappa shape index (κ3) is 5.61. The normalized spacial score (nSPS) is 14.5. The molecule has 0 spiro atoms. The maximum Gasteiger partial charge on any atom is 0.338 e. The molecule has 3 rings (SSSR count). The third-order valence-electron chi connectivity index (χ3n) is 4.63. The highest BCUT2D eigenvalue weighted by Crippen LogP contribution is 2.13. The van der Waals surface area contributed by atoms with Crippen LogP contribution in [-0.2, 0) is 20.8 Å². The van der Waals surface area contributed by atoms with Crippen molar-refractivity contribution < 1.29 is 28.4 Å². The minimum Gasteiger partial charge on any atom is -0.452 e. The lowest BCUT2D eigenvalue weighted by Crippen LogP contribution is -3.12. The number of amides is 1. The van der Waals surface area contributed by atoms with Crippen molar-refractivity contribution in [1.82, 2.24) is 0 Å². The summed E-state index contributed by atoms with van der Waals surface area (Å²) in [6, 6.07) is 11.6. The van der Waals surface area contributed by atoms with Gasteiger partial charge in [-0.1, -0.05) is 18.2 Å². The Morgan fingerprint density at radius 2 is 1.86 bits per heavy atom. The number of benzene rings is 2. The van der Waals surface area contributed by atoms with Crippen molar-refractivity contribution >= 4 is 17.6 Å². The molecule has 7 heteroatoms. The van der Waals surface area contributed by atoms with Crippen LogP contribution in [0.2, 0.25) is 0 Å². The van der Waals surface area contributed by atoms with Crippen molar-refractivity contribution in [2.75, 3.05) is 38.2 Å². The van der Waals surface area contributed by atoms with Gasteiger partial charge in [-0.05, 0) is 36.8 Å². The summed E-state index contributed by atoms with van der Waals surface area (Å²) in [6.07, 6.45) is 0. The van der Waals surface area contributed by atoms with Crippen LogP contribution in [0.25, 0.3) is 0 Å². The molecule has 0 saturated carbocycles. The largest absolute Gasteiger partial charge is 0.452 e. The Bertz CT molecular complexity index is 833. The van der Waals surface area contributed by atoms with E-state index >= 15 is 0 Å². The van der Waals surface area contributed by atoms with Gasteiger partial charge in [0.1, 0.15) is 25.5 Å². The molecule has 0 unspecified atom stereocenters. The van der Waals surface area contributed by atoms with Crippen LogP contribution in [0.4, 0.5) is 10.1 Å². The molecule has 2 aromatic rings. The Morgan fingerprint density at radius 1 is 1.14 bits per heavy atom. The average molecular weight is 387 g/mol. The smallest absolute Gasteiger partial charge is 0.338 e. The minimum atomic E-state index is -0.574. The molecule has 1 amide bonds. The highest BCUT2D eigenvalue weighted by molar-refractivity contribution is 5.95. The molecule has 0 aliphatic carbocycles. The zero-order valence-electron chi connectivity index (χ0n) is 15.8. The molecule has 0 bridgehead atoms. The van der Waals surface area contributed by atoms with E-state index < -0.39 is 24.3 Å². The Morgan fingerprint density at radius 3 is 2.54 bits per heavy atom. The fraction of sp³-hybridized carbons (Fsp3) is 0.333. The number of rotatable bonds is 6. The molecule has 28 heavy (non-hydrogen) atoms. The van der Waals surface area contributed by atoms with Gasteiger partial charge in [0, 0.05) is 11.3 Å². The summed E-state index contributed by atoms with van der Waals surface area (Å²) < 4.78 is 23.9.